The van der Waals surface area contributed by atoms with Crippen LogP contribution in [0.25, 0.3) is 5.65 Å². The van der Waals surface area contributed by atoms with Crippen molar-refractivity contribution in [3.05, 3.63) is 24.0 Å². The van der Waals surface area contributed by atoms with Crippen LogP contribution in [-0.4, -0.2) is 57.1 Å². The zero-order chi connectivity index (χ0) is 22.5. The molecule has 2 aliphatic rings. The zero-order valence-electron chi connectivity index (χ0n) is 18.2. The van der Waals surface area contributed by atoms with Crippen molar-refractivity contribution in [3.8, 4) is 0 Å². The smallest absolute Gasteiger partial charge is 0.285 e. The van der Waals surface area contributed by atoms with E-state index in [2.05, 4.69) is 31.6 Å². The van der Waals surface area contributed by atoms with Crippen molar-refractivity contribution in [2.45, 2.75) is 75.5 Å². The van der Waals surface area contributed by atoms with E-state index in [1.807, 2.05) is 12.1 Å². The summed E-state index contributed by atoms with van der Waals surface area (Å²) in [6, 6.07) is 3.97. The molecule has 174 valence electrons. The van der Waals surface area contributed by atoms with Crippen LogP contribution in [0.5, 0.6) is 0 Å². The number of rotatable bonds is 10. The molecular formula is C21H33N9O2. The van der Waals surface area contributed by atoms with Crippen molar-refractivity contribution < 1.29 is 9.59 Å². The van der Waals surface area contributed by atoms with Gasteiger partial charge in [0, 0.05) is 18.1 Å². The molecule has 4 rings (SSSR count). The van der Waals surface area contributed by atoms with E-state index in [0.29, 0.717) is 36.2 Å². The molecule has 2 saturated carbocycles. The standard InChI is InChI=1S/C21H33N9O2/c22-11-1-2-16(23)20(31)26-14-5-3-13(4-6-14)25-18-9-10-19-24-12-17(30(19)29-18)21(32)28-27-15-7-8-15/h9-10,12-16,27H,1-8,11,22-23H2,(H,25,29)(H,26,31)(H,28,32)/t13?,14?,16-/m1/s1. The Kier molecular flexibility index (Phi) is 7.18. The van der Waals surface area contributed by atoms with Gasteiger partial charge in [0.25, 0.3) is 5.91 Å². The average molecular weight is 444 g/mol. The number of carbonyl (C=O) groups is 2. The number of hydrazine groups is 1. The number of nitrogens with one attached hydrogen (secondary N) is 4. The third kappa shape index (κ3) is 5.72. The van der Waals surface area contributed by atoms with E-state index in [4.69, 9.17) is 11.5 Å². The Morgan fingerprint density at radius 1 is 1.09 bits per heavy atom. The highest BCUT2D eigenvalue weighted by Crippen LogP contribution is 2.22. The highest BCUT2D eigenvalue weighted by Gasteiger charge is 2.25. The minimum atomic E-state index is -0.494. The van der Waals surface area contributed by atoms with Crippen LogP contribution in [0.3, 0.4) is 0 Å². The van der Waals surface area contributed by atoms with E-state index in [9.17, 15) is 9.59 Å². The first-order valence-corrected chi connectivity index (χ1v) is 11.5. The third-order valence-electron chi connectivity index (χ3n) is 6.04. The molecule has 2 heterocycles. The van der Waals surface area contributed by atoms with Gasteiger partial charge in [-0.3, -0.25) is 15.0 Å². The van der Waals surface area contributed by atoms with E-state index in [1.54, 1.807) is 4.52 Å². The molecule has 2 amide bonds. The molecule has 8 N–H and O–H groups in total. The van der Waals surface area contributed by atoms with Gasteiger partial charge < -0.3 is 22.1 Å². The first kappa shape index (κ1) is 22.4. The first-order valence-electron chi connectivity index (χ1n) is 11.5. The molecule has 2 aliphatic carbocycles. The molecule has 0 aliphatic heterocycles. The number of imidazole rings is 1. The molecule has 32 heavy (non-hydrogen) atoms. The zero-order valence-corrected chi connectivity index (χ0v) is 18.2. The second-order valence-corrected chi connectivity index (χ2v) is 8.74. The Hall–Kier alpha value is -2.76. The lowest BCUT2D eigenvalue weighted by Gasteiger charge is -2.30. The van der Waals surface area contributed by atoms with Crippen LogP contribution >= 0.6 is 0 Å². The van der Waals surface area contributed by atoms with Crippen LogP contribution in [0.2, 0.25) is 0 Å². The molecule has 0 aromatic carbocycles. The fourth-order valence-corrected chi connectivity index (χ4v) is 3.93. The summed E-state index contributed by atoms with van der Waals surface area (Å²) in [6.45, 7) is 0.542. The number of nitrogens with two attached hydrogens (primary N) is 2. The lowest BCUT2D eigenvalue weighted by atomic mass is 9.91. The van der Waals surface area contributed by atoms with Crippen molar-refractivity contribution in [2.24, 2.45) is 11.5 Å². The van der Waals surface area contributed by atoms with E-state index in [1.165, 1.54) is 6.20 Å². The summed E-state index contributed by atoms with van der Waals surface area (Å²) in [7, 11) is 0. The van der Waals surface area contributed by atoms with Gasteiger partial charge >= 0.3 is 0 Å². The van der Waals surface area contributed by atoms with Gasteiger partial charge in [-0.15, -0.1) is 5.10 Å². The summed E-state index contributed by atoms with van der Waals surface area (Å²) >= 11 is 0. The molecule has 2 aromatic rings. The van der Waals surface area contributed by atoms with Crippen LogP contribution in [0.1, 0.15) is 61.9 Å². The van der Waals surface area contributed by atoms with Crippen molar-refractivity contribution in [2.75, 3.05) is 11.9 Å². The van der Waals surface area contributed by atoms with Crippen molar-refractivity contribution >= 4 is 23.3 Å². The fourth-order valence-electron chi connectivity index (χ4n) is 3.93. The second kappa shape index (κ2) is 10.2. The van der Waals surface area contributed by atoms with Crippen molar-refractivity contribution in [1.82, 2.24) is 30.8 Å². The number of hydrogen-bond donors (Lipinski definition) is 6. The van der Waals surface area contributed by atoms with Crippen molar-refractivity contribution in [3.63, 3.8) is 0 Å². The van der Waals surface area contributed by atoms with Gasteiger partial charge in [-0.1, -0.05) is 0 Å². The second-order valence-electron chi connectivity index (χ2n) is 8.74. The molecule has 0 saturated heterocycles. The summed E-state index contributed by atoms with van der Waals surface area (Å²) in [5.74, 6) is 0.343. The topological polar surface area (TPSA) is 164 Å². The van der Waals surface area contributed by atoms with Gasteiger partial charge in [0.05, 0.1) is 12.2 Å². The van der Waals surface area contributed by atoms with Gasteiger partial charge in [-0.2, -0.15) is 0 Å². The number of anilines is 1. The number of hydrogen-bond acceptors (Lipinski definition) is 8. The highest BCUT2D eigenvalue weighted by atomic mass is 16.2. The Labute approximate surface area is 187 Å². The normalized spacial score (nSPS) is 21.8. The van der Waals surface area contributed by atoms with Crippen LogP contribution in [-0.2, 0) is 4.79 Å². The first-order chi connectivity index (χ1) is 15.5. The van der Waals surface area contributed by atoms with E-state index >= 15 is 0 Å². The minimum Gasteiger partial charge on any atom is -0.366 e. The van der Waals surface area contributed by atoms with Gasteiger partial charge in [0.1, 0.15) is 5.82 Å². The van der Waals surface area contributed by atoms with Gasteiger partial charge in [0.2, 0.25) is 5.91 Å². The maximum atomic E-state index is 12.4. The van der Waals surface area contributed by atoms with Crippen LogP contribution in [0.4, 0.5) is 5.82 Å². The van der Waals surface area contributed by atoms with E-state index in [-0.39, 0.29) is 23.9 Å². The number of amides is 2. The molecule has 0 radical (unpaired) electrons. The highest BCUT2D eigenvalue weighted by molar-refractivity contribution is 5.92. The van der Waals surface area contributed by atoms with Gasteiger partial charge in [0.15, 0.2) is 11.3 Å². The number of carbonyl (C=O) groups excluding carboxylic acids is 2. The molecule has 2 fully saturated rings. The Balaban J connectivity index is 1.29. The Bertz CT molecular complexity index is 934. The van der Waals surface area contributed by atoms with Gasteiger partial charge in [-0.05, 0) is 70.0 Å². The summed E-state index contributed by atoms with van der Waals surface area (Å²) < 4.78 is 1.56. The third-order valence-corrected chi connectivity index (χ3v) is 6.04. The van der Waals surface area contributed by atoms with Crippen LogP contribution in [0.15, 0.2) is 18.3 Å². The fraction of sp³-hybridized carbons (Fsp3) is 0.619. The van der Waals surface area contributed by atoms with Gasteiger partial charge in [-0.25, -0.2) is 14.9 Å². The number of aromatic nitrogens is 3. The van der Waals surface area contributed by atoms with Crippen LogP contribution < -0.4 is 33.0 Å². The predicted octanol–water partition coefficient (Wildman–Crippen LogP) is 0.0316. The monoisotopic (exact) mass is 443 g/mol. The summed E-state index contributed by atoms with van der Waals surface area (Å²) in [5.41, 5.74) is 18.1. The van der Waals surface area contributed by atoms with E-state index in [0.717, 1.165) is 44.9 Å². The molecule has 11 heteroatoms. The maximum absolute atomic E-state index is 12.4. The summed E-state index contributed by atoms with van der Waals surface area (Å²) in [5, 5.41) is 11.1. The molecule has 0 bridgehead atoms. The predicted molar refractivity (Wildman–Crippen MR) is 121 cm³/mol. The molecule has 2 aromatic heterocycles. The van der Waals surface area contributed by atoms with Crippen LogP contribution in [0, 0.1) is 0 Å². The SMILES string of the molecule is NCCC[C@@H](N)C(=O)NC1CCC(Nc2ccc3ncc(C(=O)NNC4CC4)n3n2)CC1. The minimum absolute atomic E-state index is 0.0935. The quantitative estimate of drug-likeness (QED) is 0.280. The number of fused-ring (bicyclic) bond motifs is 1. The maximum Gasteiger partial charge on any atom is 0.285 e. The Morgan fingerprint density at radius 2 is 1.81 bits per heavy atom. The number of nitrogens with zero attached hydrogens (tertiary/aromatic N) is 3. The van der Waals surface area contributed by atoms with E-state index < -0.39 is 6.04 Å². The molecule has 0 spiro atoms. The summed E-state index contributed by atoms with van der Waals surface area (Å²) in [6.07, 6.45) is 8.61. The lowest BCUT2D eigenvalue weighted by molar-refractivity contribution is -0.123. The molecule has 11 nitrogen and oxygen atoms in total. The lowest BCUT2D eigenvalue weighted by Crippen LogP contribution is -2.47. The van der Waals surface area contributed by atoms with Crippen molar-refractivity contribution in [1.29, 1.82) is 0 Å². The summed E-state index contributed by atoms with van der Waals surface area (Å²) in [4.78, 5) is 28.9. The molecular weight excluding hydrogens is 410 g/mol. The largest absolute Gasteiger partial charge is 0.366 e. The Morgan fingerprint density at radius 3 is 2.53 bits per heavy atom. The average Bonchev–Trinajstić information content (AvgIpc) is 3.54. The molecule has 1 atom stereocenters. The molecule has 0 unspecified atom stereocenters.